The molecule has 0 radical (unpaired) electrons. The summed E-state index contributed by atoms with van der Waals surface area (Å²) in [5, 5.41) is -0.844. The largest absolute Gasteiger partial charge is 0.413 e. The summed E-state index contributed by atoms with van der Waals surface area (Å²) >= 11 is 17.1. The van der Waals surface area contributed by atoms with Crippen molar-refractivity contribution in [2.45, 2.75) is 24.7 Å². The molecule has 2 N–H and O–H groups in total. The number of hydrogen-bond donors (Lipinski definition) is 1. The van der Waals surface area contributed by atoms with E-state index in [-0.39, 0.29) is 27.2 Å². The number of benzene rings is 1. The first-order valence-corrected chi connectivity index (χ1v) is 9.13. The summed E-state index contributed by atoms with van der Waals surface area (Å²) < 4.78 is 94.7. The van der Waals surface area contributed by atoms with Gasteiger partial charge < -0.3 is 5.73 Å². The van der Waals surface area contributed by atoms with Gasteiger partial charge in [-0.1, -0.05) is 40.9 Å². The van der Waals surface area contributed by atoms with Crippen LogP contribution in [-0.4, -0.2) is 18.3 Å². The average molecular weight is 497 g/mol. The molecule has 2 nitrogen and oxygen atoms in total. The highest BCUT2D eigenvalue weighted by Crippen LogP contribution is 2.43. The standard InChI is InChI=1S/C18H11Cl3F7NO/c19-12-4-8(5-13(20)15(12)21)10(17(23,24)25)6-14(22)7-1-2-9(16(29)30)11(3-7)18(26,27)28/h1,3-6,9-10H,2H2,(H2,29,30)/b14-6-. The normalized spacial score (nSPS) is 19.3. The quantitative estimate of drug-likeness (QED) is 0.352. The van der Waals surface area contributed by atoms with Gasteiger partial charge in [-0.05, 0) is 36.3 Å². The van der Waals surface area contributed by atoms with Gasteiger partial charge in [-0.15, -0.1) is 0 Å². The number of carbonyl (C=O) groups is 1. The van der Waals surface area contributed by atoms with Crippen LogP contribution in [0.25, 0.3) is 0 Å². The molecule has 30 heavy (non-hydrogen) atoms. The molecule has 1 aliphatic rings. The van der Waals surface area contributed by atoms with Crippen molar-refractivity contribution in [2.24, 2.45) is 11.7 Å². The summed E-state index contributed by atoms with van der Waals surface area (Å²) in [6.07, 6.45) is -9.45. The van der Waals surface area contributed by atoms with Crippen LogP contribution in [0.15, 0.2) is 47.3 Å². The van der Waals surface area contributed by atoms with Gasteiger partial charge in [0.05, 0.1) is 21.0 Å². The van der Waals surface area contributed by atoms with Gasteiger partial charge in [0.15, 0.2) is 0 Å². The third kappa shape index (κ3) is 5.50. The van der Waals surface area contributed by atoms with Gasteiger partial charge in [0.2, 0.25) is 5.91 Å². The number of carbonyl (C=O) groups excluding carboxylic acids is 1. The zero-order valence-electron chi connectivity index (χ0n) is 14.5. The van der Waals surface area contributed by atoms with E-state index in [4.69, 9.17) is 40.5 Å². The molecule has 0 bridgehead atoms. The van der Waals surface area contributed by atoms with E-state index in [9.17, 15) is 35.5 Å². The topological polar surface area (TPSA) is 43.1 Å². The Bertz CT molecular complexity index is 925. The Hall–Kier alpha value is -1.71. The predicted molar refractivity (Wildman–Crippen MR) is 99.0 cm³/mol. The van der Waals surface area contributed by atoms with Gasteiger partial charge in [-0.25, -0.2) is 4.39 Å². The second-order valence-electron chi connectivity index (χ2n) is 6.28. The van der Waals surface area contributed by atoms with E-state index in [0.717, 1.165) is 18.2 Å². The van der Waals surface area contributed by atoms with Crippen molar-refractivity contribution in [1.82, 2.24) is 0 Å². The van der Waals surface area contributed by atoms with Crippen molar-refractivity contribution in [2.75, 3.05) is 0 Å². The highest BCUT2D eigenvalue weighted by atomic mass is 35.5. The molecule has 0 heterocycles. The molecule has 0 saturated carbocycles. The Kier molecular flexibility index (Phi) is 7.21. The summed E-state index contributed by atoms with van der Waals surface area (Å²) in [7, 11) is 0. The number of halogens is 10. The Morgan fingerprint density at radius 2 is 1.63 bits per heavy atom. The molecule has 0 spiro atoms. The maximum Gasteiger partial charge on any atom is 0.413 e. The molecule has 164 valence electrons. The van der Waals surface area contributed by atoms with Gasteiger partial charge >= 0.3 is 12.4 Å². The lowest BCUT2D eigenvalue weighted by Gasteiger charge is -2.23. The van der Waals surface area contributed by atoms with E-state index < -0.39 is 59.1 Å². The predicted octanol–water partition coefficient (Wildman–Crippen LogP) is 7.07. The molecule has 0 saturated heterocycles. The smallest absolute Gasteiger partial charge is 0.369 e. The minimum Gasteiger partial charge on any atom is -0.369 e. The summed E-state index contributed by atoms with van der Waals surface area (Å²) in [6, 6.07) is 1.65. The number of amides is 1. The minimum absolute atomic E-state index is 0.0941. The summed E-state index contributed by atoms with van der Waals surface area (Å²) in [5.74, 6) is -7.22. The number of allylic oxidation sites excluding steroid dienone is 5. The van der Waals surface area contributed by atoms with Crippen LogP contribution in [0.2, 0.25) is 15.1 Å². The van der Waals surface area contributed by atoms with Crippen LogP contribution in [0.5, 0.6) is 0 Å². The first-order valence-electron chi connectivity index (χ1n) is 8.00. The van der Waals surface area contributed by atoms with Crippen LogP contribution >= 0.6 is 34.8 Å². The molecule has 0 fully saturated rings. The molecule has 12 heteroatoms. The second kappa shape index (κ2) is 8.80. The molecule has 1 aliphatic carbocycles. The van der Waals surface area contributed by atoms with Crippen molar-refractivity contribution in [3.05, 3.63) is 68.0 Å². The van der Waals surface area contributed by atoms with E-state index in [0.29, 0.717) is 0 Å². The van der Waals surface area contributed by atoms with Gasteiger partial charge in [0.1, 0.15) is 11.7 Å². The molecular formula is C18H11Cl3F7NO. The van der Waals surface area contributed by atoms with Crippen LogP contribution in [0.1, 0.15) is 17.9 Å². The maximum absolute atomic E-state index is 14.6. The van der Waals surface area contributed by atoms with E-state index >= 15 is 0 Å². The number of hydrogen-bond acceptors (Lipinski definition) is 1. The molecule has 1 aromatic carbocycles. The molecule has 1 amide bonds. The summed E-state index contributed by atoms with van der Waals surface area (Å²) in [6.45, 7) is 0. The van der Waals surface area contributed by atoms with E-state index in [1.807, 2.05) is 0 Å². The maximum atomic E-state index is 14.6. The van der Waals surface area contributed by atoms with E-state index in [1.165, 1.54) is 0 Å². The Morgan fingerprint density at radius 1 is 1.10 bits per heavy atom. The van der Waals surface area contributed by atoms with Gasteiger partial charge in [-0.3, -0.25) is 4.79 Å². The van der Waals surface area contributed by atoms with Crippen molar-refractivity contribution in [3.63, 3.8) is 0 Å². The van der Waals surface area contributed by atoms with E-state index in [2.05, 4.69) is 0 Å². The Labute approximate surface area is 180 Å². The Balaban J connectivity index is 2.53. The number of rotatable bonds is 4. The van der Waals surface area contributed by atoms with Gasteiger partial charge in [-0.2, -0.15) is 26.3 Å². The molecule has 1 aromatic rings. The van der Waals surface area contributed by atoms with Crippen molar-refractivity contribution >= 4 is 40.7 Å². The minimum atomic E-state index is -5.03. The number of alkyl halides is 6. The van der Waals surface area contributed by atoms with Crippen molar-refractivity contribution < 1.29 is 35.5 Å². The first kappa shape index (κ1) is 24.6. The zero-order valence-corrected chi connectivity index (χ0v) is 16.8. The van der Waals surface area contributed by atoms with Gasteiger partial charge in [0.25, 0.3) is 0 Å². The van der Waals surface area contributed by atoms with Crippen LogP contribution in [0.4, 0.5) is 30.7 Å². The lowest BCUT2D eigenvalue weighted by atomic mass is 9.86. The molecule has 2 atom stereocenters. The average Bonchev–Trinajstić information content (AvgIpc) is 2.61. The summed E-state index contributed by atoms with van der Waals surface area (Å²) in [5.41, 5.74) is 2.15. The second-order valence-corrected chi connectivity index (χ2v) is 7.47. The van der Waals surface area contributed by atoms with Crippen LogP contribution in [-0.2, 0) is 4.79 Å². The summed E-state index contributed by atoms with van der Waals surface area (Å²) in [4.78, 5) is 11.2. The Morgan fingerprint density at radius 3 is 2.07 bits per heavy atom. The fraction of sp³-hybridized carbons (Fsp3) is 0.278. The highest BCUT2D eigenvalue weighted by molar-refractivity contribution is 6.48. The zero-order chi connectivity index (χ0) is 23.0. The van der Waals surface area contributed by atoms with Gasteiger partial charge in [0, 0.05) is 11.1 Å². The first-order chi connectivity index (χ1) is 13.6. The SMILES string of the molecule is NC(=O)C1CC=C(/C(F)=C/C(c2cc(Cl)c(Cl)c(Cl)c2)C(F)(F)F)C=C1C(F)(F)F. The van der Waals surface area contributed by atoms with Crippen LogP contribution < -0.4 is 5.73 Å². The monoisotopic (exact) mass is 495 g/mol. The third-order valence-electron chi connectivity index (χ3n) is 4.24. The highest BCUT2D eigenvalue weighted by Gasteiger charge is 2.43. The van der Waals surface area contributed by atoms with Crippen molar-refractivity contribution in [1.29, 1.82) is 0 Å². The number of primary amides is 1. The van der Waals surface area contributed by atoms with Crippen molar-refractivity contribution in [3.8, 4) is 0 Å². The molecule has 2 unspecified atom stereocenters. The lowest BCUT2D eigenvalue weighted by Crippen LogP contribution is -2.32. The number of nitrogens with two attached hydrogens (primary N) is 1. The molecule has 2 rings (SSSR count). The van der Waals surface area contributed by atoms with Crippen LogP contribution in [0, 0.1) is 5.92 Å². The lowest BCUT2D eigenvalue weighted by molar-refractivity contribution is -0.139. The molecular weight excluding hydrogens is 486 g/mol. The van der Waals surface area contributed by atoms with E-state index in [1.54, 1.807) is 0 Å². The fourth-order valence-electron chi connectivity index (χ4n) is 2.79. The fourth-order valence-corrected chi connectivity index (χ4v) is 3.40. The van der Waals surface area contributed by atoms with Crippen LogP contribution in [0.3, 0.4) is 0 Å². The molecule has 0 aromatic heterocycles. The third-order valence-corrected chi connectivity index (χ3v) is 5.43. The molecule has 0 aliphatic heterocycles.